The molecular formula is C15H20F2N2O. The zero-order valence-corrected chi connectivity index (χ0v) is 11.4. The van der Waals surface area contributed by atoms with Crippen LogP contribution in [0.25, 0.3) is 0 Å². The second-order valence-corrected chi connectivity index (χ2v) is 5.23. The number of benzene rings is 1. The van der Waals surface area contributed by atoms with Crippen LogP contribution >= 0.6 is 0 Å². The lowest BCUT2D eigenvalue weighted by Crippen LogP contribution is -2.38. The number of hydrogen-bond acceptors (Lipinski definition) is 2. The van der Waals surface area contributed by atoms with E-state index in [0.29, 0.717) is 12.5 Å². The highest BCUT2D eigenvalue weighted by atomic mass is 19.2. The predicted molar refractivity (Wildman–Crippen MR) is 73.3 cm³/mol. The Balaban J connectivity index is 1.73. The fraction of sp³-hybridized carbons (Fsp3) is 0.533. The number of rotatable bonds is 5. The summed E-state index contributed by atoms with van der Waals surface area (Å²) in [6, 6.07) is 4.05. The number of nitrogens with one attached hydrogen (secondary N) is 2. The van der Waals surface area contributed by atoms with E-state index in [0.717, 1.165) is 32.0 Å². The Morgan fingerprint density at radius 2 is 2.25 bits per heavy atom. The molecule has 1 amide bonds. The minimum atomic E-state index is -0.865. The maximum Gasteiger partial charge on any atom is 0.220 e. The van der Waals surface area contributed by atoms with Gasteiger partial charge in [-0.25, -0.2) is 8.78 Å². The quantitative estimate of drug-likeness (QED) is 0.867. The first-order chi connectivity index (χ1) is 9.66. The van der Waals surface area contributed by atoms with Crippen LogP contribution < -0.4 is 10.6 Å². The zero-order chi connectivity index (χ0) is 14.4. The molecule has 1 heterocycles. The van der Waals surface area contributed by atoms with Gasteiger partial charge in [0.1, 0.15) is 0 Å². The molecule has 0 aromatic heterocycles. The van der Waals surface area contributed by atoms with Crippen LogP contribution in [0, 0.1) is 17.6 Å². The Morgan fingerprint density at radius 3 is 3.00 bits per heavy atom. The second kappa shape index (κ2) is 7.33. The first kappa shape index (κ1) is 14.9. The summed E-state index contributed by atoms with van der Waals surface area (Å²) in [5.41, 5.74) is 0.250. The summed E-state index contributed by atoms with van der Waals surface area (Å²) < 4.78 is 26.4. The minimum Gasteiger partial charge on any atom is -0.356 e. The molecule has 0 spiro atoms. The van der Waals surface area contributed by atoms with Gasteiger partial charge in [-0.05, 0) is 49.9 Å². The van der Waals surface area contributed by atoms with Crippen molar-refractivity contribution in [2.75, 3.05) is 19.6 Å². The summed E-state index contributed by atoms with van der Waals surface area (Å²) in [6.07, 6.45) is 2.65. The van der Waals surface area contributed by atoms with Gasteiger partial charge in [0.25, 0.3) is 0 Å². The van der Waals surface area contributed by atoms with Crippen LogP contribution in [0.1, 0.15) is 24.8 Å². The lowest BCUT2D eigenvalue weighted by atomic mass is 9.99. The molecule has 1 fully saturated rings. The van der Waals surface area contributed by atoms with Gasteiger partial charge >= 0.3 is 0 Å². The fourth-order valence-electron chi connectivity index (χ4n) is 2.43. The third-order valence-corrected chi connectivity index (χ3v) is 3.64. The topological polar surface area (TPSA) is 41.1 Å². The van der Waals surface area contributed by atoms with Gasteiger partial charge < -0.3 is 10.6 Å². The molecule has 1 saturated heterocycles. The van der Waals surface area contributed by atoms with E-state index in [1.807, 2.05) is 0 Å². The zero-order valence-electron chi connectivity index (χ0n) is 11.4. The Morgan fingerprint density at radius 1 is 1.40 bits per heavy atom. The van der Waals surface area contributed by atoms with Crippen LogP contribution in [-0.2, 0) is 11.2 Å². The SMILES string of the molecule is O=C(CCc1cccc(F)c1F)NCC1CCCNC1. The van der Waals surface area contributed by atoms with Gasteiger partial charge in [0.15, 0.2) is 11.6 Å². The Bertz CT molecular complexity index is 459. The van der Waals surface area contributed by atoms with E-state index in [4.69, 9.17) is 0 Å². The lowest BCUT2D eigenvalue weighted by Gasteiger charge is -2.22. The summed E-state index contributed by atoms with van der Waals surface area (Å²) in [7, 11) is 0. The molecule has 0 radical (unpaired) electrons. The summed E-state index contributed by atoms with van der Waals surface area (Å²) in [5, 5.41) is 6.15. The number of piperidine rings is 1. The average Bonchev–Trinajstić information content (AvgIpc) is 2.48. The molecule has 1 aromatic carbocycles. The molecule has 0 bridgehead atoms. The molecule has 110 valence electrons. The maximum atomic E-state index is 13.4. The molecule has 3 nitrogen and oxygen atoms in total. The number of carbonyl (C=O) groups excluding carboxylic acids is 1. The van der Waals surface area contributed by atoms with Crippen molar-refractivity contribution < 1.29 is 13.6 Å². The summed E-state index contributed by atoms with van der Waals surface area (Å²) in [5.74, 6) is -1.36. The van der Waals surface area contributed by atoms with Crippen molar-refractivity contribution >= 4 is 5.91 Å². The highest BCUT2D eigenvalue weighted by Crippen LogP contribution is 2.13. The summed E-state index contributed by atoms with van der Waals surface area (Å²) >= 11 is 0. The molecule has 20 heavy (non-hydrogen) atoms. The monoisotopic (exact) mass is 282 g/mol. The Hall–Kier alpha value is -1.49. The normalized spacial score (nSPS) is 18.8. The number of aryl methyl sites for hydroxylation is 1. The maximum absolute atomic E-state index is 13.4. The lowest BCUT2D eigenvalue weighted by molar-refractivity contribution is -0.121. The van der Waals surface area contributed by atoms with Gasteiger partial charge in [-0.15, -0.1) is 0 Å². The number of hydrogen-bond donors (Lipinski definition) is 2. The smallest absolute Gasteiger partial charge is 0.220 e. The van der Waals surface area contributed by atoms with Crippen molar-refractivity contribution in [1.82, 2.24) is 10.6 Å². The Kier molecular flexibility index (Phi) is 5.47. The summed E-state index contributed by atoms with van der Waals surface area (Å²) in [4.78, 5) is 11.7. The standard InChI is InChI=1S/C15H20F2N2O/c16-13-5-1-4-12(15(13)17)6-7-14(20)19-10-11-3-2-8-18-9-11/h1,4-5,11,18H,2-3,6-10H2,(H,19,20). The van der Waals surface area contributed by atoms with Crippen molar-refractivity contribution in [3.63, 3.8) is 0 Å². The van der Waals surface area contributed by atoms with Crippen LogP contribution in [0.4, 0.5) is 8.78 Å². The molecule has 2 N–H and O–H groups in total. The molecule has 1 atom stereocenters. The van der Waals surface area contributed by atoms with Crippen LogP contribution in [0.3, 0.4) is 0 Å². The van der Waals surface area contributed by atoms with E-state index >= 15 is 0 Å². The van der Waals surface area contributed by atoms with E-state index in [-0.39, 0.29) is 24.3 Å². The van der Waals surface area contributed by atoms with Gasteiger partial charge in [0.05, 0.1) is 0 Å². The fourth-order valence-corrected chi connectivity index (χ4v) is 2.43. The molecule has 2 rings (SSSR count). The Labute approximate surface area is 117 Å². The number of carbonyl (C=O) groups is 1. The van der Waals surface area contributed by atoms with Gasteiger partial charge in [-0.2, -0.15) is 0 Å². The van der Waals surface area contributed by atoms with E-state index < -0.39 is 11.6 Å². The van der Waals surface area contributed by atoms with E-state index in [2.05, 4.69) is 10.6 Å². The van der Waals surface area contributed by atoms with Gasteiger partial charge in [0.2, 0.25) is 5.91 Å². The van der Waals surface area contributed by atoms with E-state index in [1.165, 1.54) is 12.1 Å². The van der Waals surface area contributed by atoms with Crippen molar-refractivity contribution in [2.45, 2.75) is 25.7 Å². The van der Waals surface area contributed by atoms with Gasteiger partial charge in [0, 0.05) is 13.0 Å². The molecular weight excluding hydrogens is 262 g/mol. The van der Waals surface area contributed by atoms with Crippen LogP contribution in [0.5, 0.6) is 0 Å². The van der Waals surface area contributed by atoms with Gasteiger partial charge in [-0.3, -0.25) is 4.79 Å². The third-order valence-electron chi connectivity index (χ3n) is 3.64. The molecule has 1 aliphatic rings. The van der Waals surface area contributed by atoms with E-state index in [9.17, 15) is 13.6 Å². The van der Waals surface area contributed by atoms with Gasteiger partial charge in [-0.1, -0.05) is 12.1 Å². The third kappa shape index (κ3) is 4.27. The summed E-state index contributed by atoms with van der Waals surface area (Å²) in [6.45, 7) is 2.62. The minimum absolute atomic E-state index is 0.112. The van der Waals surface area contributed by atoms with Crippen LogP contribution in [-0.4, -0.2) is 25.5 Å². The van der Waals surface area contributed by atoms with Crippen LogP contribution in [0.15, 0.2) is 18.2 Å². The highest BCUT2D eigenvalue weighted by molar-refractivity contribution is 5.76. The largest absolute Gasteiger partial charge is 0.356 e. The molecule has 0 saturated carbocycles. The molecule has 1 aromatic rings. The van der Waals surface area contributed by atoms with Crippen molar-refractivity contribution in [1.29, 1.82) is 0 Å². The molecule has 0 aliphatic carbocycles. The molecule has 1 aliphatic heterocycles. The highest BCUT2D eigenvalue weighted by Gasteiger charge is 2.14. The van der Waals surface area contributed by atoms with Crippen LogP contribution in [0.2, 0.25) is 0 Å². The van der Waals surface area contributed by atoms with Crippen molar-refractivity contribution in [3.8, 4) is 0 Å². The predicted octanol–water partition coefficient (Wildman–Crippen LogP) is 2.01. The van der Waals surface area contributed by atoms with Crippen molar-refractivity contribution in [2.24, 2.45) is 5.92 Å². The molecule has 5 heteroatoms. The molecule has 1 unspecified atom stereocenters. The number of halogens is 2. The second-order valence-electron chi connectivity index (χ2n) is 5.23. The first-order valence-electron chi connectivity index (χ1n) is 7.07. The average molecular weight is 282 g/mol. The van der Waals surface area contributed by atoms with Crippen molar-refractivity contribution in [3.05, 3.63) is 35.4 Å². The first-order valence-corrected chi connectivity index (χ1v) is 7.07. The van der Waals surface area contributed by atoms with E-state index in [1.54, 1.807) is 0 Å². The number of amides is 1.